The highest BCUT2D eigenvalue weighted by molar-refractivity contribution is 7.21. The fraction of sp³-hybridized carbons (Fsp3) is 0.280. The summed E-state index contributed by atoms with van der Waals surface area (Å²) in [5.41, 5.74) is 15.8. The summed E-state index contributed by atoms with van der Waals surface area (Å²) in [4.78, 5) is 32.5. The van der Waals surface area contributed by atoms with Gasteiger partial charge in [-0.3, -0.25) is 4.79 Å². The van der Waals surface area contributed by atoms with E-state index in [0.717, 1.165) is 46.6 Å². The van der Waals surface area contributed by atoms with Crippen molar-refractivity contribution in [1.82, 2.24) is 4.98 Å². The maximum atomic E-state index is 13.5. The molecule has 0 aromatic carbocycles. The van der Waals surface area contributed by atoms with Crippen molar-refractivity contribution in [3.05, 3.63) is 43.3 Å². The van der Waals surface area contributed by atoms with Gasteiger partial charge in [0.1, 0.15) is 32.2 Å². The van der Waals surface area contributed by atoms with Crippen LogP contribution < -0.4 is 16.8 Å². The van der Waals surface area contributed by atoms with Gasteiger partial charge in [0.05, 0.1) is 17.9 Å². The molecule has 0 fully saturated rings. The molecule has 1 atom stereocenters. The van der Waals surface area contributed by atoms with Crippen LogP contribution in [0.15, 0.2) is 16.8 Å². The Kier molecular flexibility index (Phi) is 6.42. The summed E-state index contributed by atoms with van der Waals surface area (Å²) in [6, 6.07) is 4.00. The van der Waals surface area contributed by atoms with Crippen molar-refractivity contribution in [1.29, 1.82) is 5.26 Å². The van der Waals surface area contributed by atoms with Crippen molar-refractivity contribution in [3.63, 3.8) is 0 Å². The second-order valence-electron chi connectivity index (χ2n) is 8.63. The van der Waals surface area contributed by atoms with Crippen LogP contribution in [0.25, 0.3) is 21.3 Å². The summed E-state index contributed by atoms with van der Waals surface area (Å²) >= 11 is 4.01. The number of nitrogens with zero attached hydrogens (tertiary/aromatic N) is 2. The quantitative estimate of drug-likeness (QED) is 0.278. The number of carbonyl (C=O) groups excluding carboxylic acids is 2. The minimum Gasteiger partial charge on any atom is -0.462 e. The molecule has 4 aromatic heterocycles. The first-order valence-corrected chi connectivity index (χ1v) is 14.0. The van der Waals surface area contributed by atoms with Crippen molar-refractivity contribution in [2.24, 2.45) is 5.92 Å². The third-order valence-electron chi connectivity index (χ3n) is 6.25. The van der Waals surface area contributed by atoms with Gasteiger partial charge in [0.2, 0.25) is 0 Å². The SMILES string of the molecule is CCOC(=O)c1c(NC(=O)c2sc3nc(N)c(C#N)c(-c4ccsc4)c3c2N)sc2c1CCC(C)C2. The van der Waals surface area contributed by atoms with Crippen LogP contribution in [0, 0.1) is 17.2 Å². The van der Waals surface area contributed by atoms with Crippen LogP contribution in [0.2, 0.25) is 0 Å². The van der Waals surface area contributed by atoms with Crippen molar-refractivity contribution >= 4 is 72.6 Å². The van der Waals surface area contributed by atoms with Crippen LogP contribution in [0.1, 0.15) is 56.3 Å². The van der Waals surface area contributed by atoms with Crippen molar-refractivity contribution in [3.8, 4) is 17.2 Å². The van der Waals surface area contributed by atoms with Gasteiger partial charge in [0.25, 0.3) is 5.91 Å². The molecule has 4 aromatic rings. The summed E-state index contributed by atoms with van der Waals surface area (Å²) in [7, 11) is 0. The van der Waals surface area contributed by atoms with Gasteiger partial charge in [0.15, 0.2) is 0 Å². The molecule has 0 saturated carbocycles. The Balaban J connectivity index is 1.60. The van der Waals surface area contributed by atoms with E-state index in [2.05, 4.69) is 23.3 Å². The van der Waals surface area contributed by atoms with E-state index < -0.39 is 11.9 Å². The van der Waals surface area contributed by atoms with Crippen molar-refractivity contribution in [2.45, 2.75) is 33.1 Å². The van der Waals surface area contributed by atoms with E-state index in [1.807, 2.05) is 16.8 Å². The van der Waals surface area contributed by atoms with E-state index in [9.17, 15) is 14.9 Å². The molecule has 0 saturated heterocycles. The van der Waals surface area contributed by atoms with Gasteiger partial charge in [-0.15, -0.1) is 22.7 Å². The van der Waals surface area contributed by atoms with E-state index in [1.54, 1.807) is 6.92 Å². The second kappa shape index (κ2) is 9.54. The summed E-state index contributed by atoms with van der Waals surface area (Å²) < 4.78 is 5.32. The lowest BCUT2D eigenvalue weighted by atomic mass is 9.88. The first-order chi connectivity index (χ1) is 17.3. The van der Waals surface area contributed by atoms with Gasteiger partial charge in [0, 0.05) is 15.8 Å². The highest BCUT2D eigenvalue weighted by Gasteiger charge is 2.31. The highest BCUT2D eigenvalue weighted by atomic mass is 32.1. The molecule has 0 bridgehead atoms. The number of rotatable bonds is 5. The molecular weight excluding hydrogens is 515 g/mol. The molecule has 36 heavy (non-hydrogen) atoms. The Morgan fingerprint density at radius 3 is 2.83 bits per heavy atom. The van der Waals surface area contributed by atoms with Crippen LogP contribution in [-0.4, -0.2) is 23.5 Å². The number of nitrogens with one attached hydrogen (secondary N) is 1. The molecule has 1 unspecified atom stereocenters. The van der Waals surface area contributed by atoms with E-state index in [0.29, 0.717) is 32.3 Å². The monoisotopic (exact) mass is 537 g/mol. The molecule has 0 aliphatic heterocycles. The fourth-order valence-corrected chi connectivity index (χ4v) is 7.61. The number of amides is 1. The van der Waals surface area contributed by atoms with Crippen LogP contribution in [0.3, 0.4) is 0 Å². The lowest BCUT2D eigenvalue weighted by Crippen LogP contribution is -2.16. The maximum absolute atomic E-state index is 13.5. The van der Waals surface area contributed by atoms with Gasteiger partial charge < -0.3 is 21.5 Å². The standard InChI is InChI=1S/C25H23N5O3S3/c1-3-33-25(32)17-13-5-4-11(2)8-15(13)35-23(17)30-22(31)20-19(27)18-16(12-6-7-34-10-12)14(9-26)21(28)29-24(18)36-20/h6-7,10-11H,3-5,8,27H2,1-2H3,(H2,28,29)(H,30,31). The smallest absolute Gasteiger partial charge is 0.341 e. The lowest BCUT2D eigenvalue weighted by molar-refractivity contribution is 0.0526. The minimum absolute atomic E-state index is 0.0871. The Bertz CT molecular complexity index is 1550. The summed E-state index contributed by atoms with van der Waals surface area (Å²) in [5.74, 6) is -0.281. The maximum Gasteiger partial charge on any atom is 0.341 e. The van der Waals surface area contributed by atoms with Crippen LogP contribution in [0.4, 0.5) is 16.5 Å². The molecule has 0 spiro atoms. The largest absolute Gasteiger partial charge is 0.462 e. The molecule has 8 nitrogen and oxygen atoms in total. The predicted molar refractivity (Wildman–Crippen MR) is 146 cm³/mol. The molecule has 0 radical (unpaired) electrons. The zero-order chi connectivity index (χ0) is 25.6. The van der Waals surface area contributed by atoms with Crippen LogP contribution >= 0.6 is 34.0 Å². The number of hydrogen-bond acceptors (Lipinski definition) is 10. The zero-order valence-electron chi connectivity index (χ0n) is 19.6. The van der Waals surface area contributed by atoms with E-state index in [1.165, 1.54) is 22.7 Å². The van der Waals surface area contributed by atoms with Crippen LogP contribution in [0.5, 0.6) is 0 Å². The van der Waals surface area contributed by atoms with Gasteiger partial charge in [-0.1, -0.05) is 6.92 Å². The Morgan fingerprint density at radius 1 is 1.33 bits per heavy atom. The van der Waals surface area contributed by atoms with Gasteiger partial charge in [-0.25, -0.2) is 9.78 Å². The summed E-state index contributed by atoms with van der Waals surface area (Å²) in [6.45, 7) is 4.19. The number of nitrogen functional groups attached to an aromatic ring is 2. The molecule has 1 aliphatic carbocycles. The number of hydrogen-bond donors (Lipinski definition) is 3. The average molecular weight is 538 g/mol. The average Bonchev–Trinajstić information content (AvgIpc) is 3.56. The number of fused-ring (bicyclic) bond motifs is 2. The van der Waals surface area contributed by atoms with Gasteiger partial charge in [-0.2, -0.15) is 16.6 Å². The van der Waals surface area contributed by atoms with E-state index >= 15 is 0 Å². The number of thiophene rings is 3. The Morgan fingerprint density at radius 2 is 2.14 bits per heavy atom. The van der Waals surface area contributed by atoms with Crippen LogP contribution in [-0.2, 0) is 17.6 Å². The summed E-state index contributed by atoms with van der Waals surface area (Å²) in [5, 5.41) is 17.5. The molecular formula is C25H23N5O3S3. The summed E-state index contributed by atoms with van der Waals surface area (Å²) in [6.07, 6.45) is 2.61. The molecule has 5 N–H and O–H groups in total. The number of pyridine rings is 1. The zero-order valence-corrected chi connectivity index (χ0v) is 22.1. The predicted octanol–water partition coefficient (Wildman–Crippen LogP) is 5.68. The third-order valence-corrected chi connectivity index (χ3v) is 9.20. The lowest BCUT2D eigenvalue weighted by Gasteiger charge is -2.18. The number of carbonyl (C=O) groups is 2. The van der Waals surface area contributed by atoms with E-state index in [-0.39, 0.29) is 28.6 Å². The minimum atomic E-state index is -0.443. The fourth-order valence-electron chi connectivity index (χ4n) is 4.57. The molecule has 1 amide bonds. The molecule has 5 rings (SSSR count). The molecule has 11 heteroatoms. The van der Waals surface area contributed by atoms with Crippen molar-refractivity contribution in [2.75, 3.05) is 23.4 Å². The van der Waals surface area contributed by atoms with Gasteiger partial charge in [-0.05, 0) is 60.1 Å². The molecule has 184 valence electrons. The first kappa shape index (κ1) is 24.2. The first-order valence-electron chi connectivity index (χ1n) is 11.4. The topological polar surface area (TPSA) is 144 Å². The molecule has 4 heterocycles. The number of esters is 1. The second-order valence-corrected chi connectivity index (χ2v) is 11.5. The number of ether oxygens (including phenoxy) is 1. The highest BCUT2D eigenvalue weighted by Crippen LogP contribution is 2.44. The Hall–Kier alpha value is -3.46. The third kappa shape index (κ3) is 4.01. The van der Waals surface area contributed by atoms with Crippen molar-refractivity contribution < 1.29 is 14.3 Å². The van der Waals surface area contributed by atoms with E-state index in [4.69, 9.17) is 16.2 Å². The number of nitrogens with two attached hydrogens (primary N) is 2. The number of aromatic nitrogens is 1. The number of nitriles is 1. The normalized spacial score (nSPS) is 14.9. The van der Waals surface area contributed by atoms with Gasteiger partial charge >= 0.3 is 5.97 Å². The molecule has 1 aliphatic rings. The Labute approximate surface area is 219 Å². The number of anilines is 3.